The first kappa shape index (κ1) is 15.2. The second-order valence-corrected chi connectivity index (χ2v) is 12.1. The van der Waals surface area contributed by atoms with Crippen molar-refractivity contribution < 1.29 is 9.53 Å². The summed E-state index contributed by atoms with van der Waals surface area (Å²) in [6.07, 6.45) is 5.23. The lowest BCUT2D eigenvalue weighted by atomic mass is 10.2. The van der Waals surface area contributed by atoms with Gasteiger partial charge in [-0.25, -0.2) is 9.67 Å². The number of aliphatic hydroxyl groups excluding tert-OH is 1. The molecule has 1 N–H and O–H groups in total. The fourth-order valence-electron chi connectivity index (χ4n) is 1.39. The first-order valence-electron chi connectivity index (χ1n) is 6.52. The van der Waals surface area contributed by atoms with E-state index in [0.717, 1.165) is 15.8 Å². The van der Waals surface area contributed by atoms with Crippen LogP contribution in [0.4, 0.5) is 0 Å². The van der Waals surface area contributed by atoms with Crippen molar-refractivity contribution in [3.63, 3.8) is 0 Å². The molecule has 0 aliphatic heterocycles. The Balaban J connectivity index is 2.17. The van der Waals surface area contributed by atoms with Gasteiger partial charge in [-0.15, -0.1) is 0 Å². The molecule has 2 aromatic heterocycles. The van der Waals surface area contributed by atoms with Gasteiger partial charge in [0.1, 0.15) is 5.75 Å². The molecule has 5 nitrogen and oxygen atoms in total. The van der Waals surface area contributed by atoms with E-state index in [9.17, 15) is 0 Å². The number of nitrogens with zero attached hydrogens (tertiary/aromatic N) is 3. The number of thiazole rings is 1. The zero-order chi connectivity index (χ0) is 15.0. The van der Waals surface area contributed by atoms with Crippen LogP contribution in [-0.2, 0) is 6.61 Å². The molecule has 0 saturated heterocycles. The van der Waals surface area contributed by atoms with Crippen molar-refractivity contribution in [3.05, 3.63) is 23.5 Å². The van der Waals surface area contributed by atoms with E-state index in [2.05, 4.69) is 43.9 Å². The molecule has 2 heterocycles. The van der Waals surface area contributed by atoms with Gasteiger partial charge in [0.2, 0.25) is 5.13 Å². The van der Waals surface area contributed by atoms with Crippen LogP contribution in [0.15, 0.2) is 18.6 Å². The summed E-state index contributed by atoms with van der Waals surface area (Å²) in [5.74, 6) is 0.775. The van der Waals surface area contributed by atoms with E-state index in [0.29, 0.717) is 0 Å². The highest BCUT2D eigenvalue weighted by Gasteiger charge is 2.39. The Morgan fingerprint density at radius 2 is 2.05 bits per heavy atom. The molecule has 7 heteroatoms. The van der Waals surface area contributed by atoms with Gasteiger partial charge in [-0.2, -0.15) is 5.10 Å². The fraction of sp³-hybridized carbons (Fsp3) is 0.538. The molecular weight excluding hydrogens is 290 g/mol. The zero-order valence-electron chi connectivity index (χ0n) is 12.5. The lowest BCUT2D eigenvalue weighted by Crippen LogP contribution is -2.43. The highest BCUT2D eigenvalue weighted by molar-refractivity contribution is 7.14. The monoisotopic (exact) mass is 311 g/mol. The van der Waals surface area contributed by atoms with Crippen molar-refractivity contribution in [3.8, 4) is 10.9 Å². The zero-order valence-corrected chi connectivity index (χ0v) is 14.4. The lowest BCUT2D eigenvalue weighted by molar-refractivity contribution is 0.285. The third-order valence-corrected chi connectivity index (χ3v) is 8.96. The molecule has 0 spiro atoms. The maximum absolute atomic E-state index is 9.07. The Labute approximate surface area is 124 Å². The molecule has 0 radical (unpaired) electrons. The predicted molar refractivity (Wildman–Crippen MR) is 83.0 cm³/mol. The van der Waals surface area contributed by atoms with Gasteiger partial charge in [-0.05, 0) is 18.1 Å². The minimum absolute atomic E-state index is 0.00621. The van der Waals surface area contributed by atoms with Gasteiger partial charge in [0.05, 0.1) is 23.9 Å². The molecule has 0 aromatic carbocycles. The maximum Gasteiger partial charge on any atom is 0.250 e. The largest absolute Gasteiger partial charge is 0.541 e. The van der Waals surface area contributed by atoms with Crippen LogP contribution >= 0.6 is 11.3 Å². The Kier molecular flexibility index (Phi) is 4.04. The molecule has 0 fully saturated rings. The Hall–Kier alpha value is -1.18. The number of aromatic nitrogens is 3. The molecule has 2 aromatic rings. The molecule has 0 bridgehead atoms. The van der Waals surface area contributed by atoms with Crippen LogP contribution < -0.4 is 4.43 Å². The van der Waals surface area contributed by atoms with E-state index in [1.165, 1.54) is 11.3 Å². The van der Waals surface area contributed by atoms with Gasteiger partial charge in [-0.3, -0.25) is 0 Å². The SMILES string of the molecule is CC(C)(C)[Si](C)(C)Oc1cnn(-c2ncc(CO)s2)c1. The van der Waals surface area contributed by atoms with Crippen LogP contribution in [-0.4, -0.2) is 28.2 Å². The van der Waals surface area contributed by atoms with Crippen molar-refractivity contribution in [1.29, 1.82) is 0 Å². The third kappa shape index (κ3) is 3.10. The van der Waals surface area contributed by atoms with Gasteiger partial charge in [0.25, 0.3) is 8.32 Å². The third-order valence-electron chi connectivity index (χ3n) is 3.63. The second kappa shape index (κ2) is 5.31. The van der Waals surface area contributed by atoms with E-state index in [1.54, 1.807) is 17.1 Å². The molecular formula is C13H21N3O2SSi. The van der Waals surface area contributed by atoms with Crippen LogP contribution in [0.5, 0.6) is 5.75 Å². The molecule has 0 saturated carbocycles. The van der Waals surface area contributed by atoms with Crippen LogP contribution in [0.2, 0.25) is 18.1 Å². The van der Waals surface area contributed by atoms with Gasteiger partial charge in [0.15, 0.2) is 0 Å². The molecule has 0 aliphatic carbocycles. The summed E-state index contributed by atoms with van der Waals surface area (Å²) in [7, 11) is -1.85. The maximum atomic E-state index is 9.07. The fourth-order valence-corrected chi connectivity index (χ4v) is 3.09. The molecule has 2 rings (SSSR count). The second-order valence-electron chi connectivity index (χ2n) is 6.25. The van der Waals surface area contributed by atoms with Crippen LogP contribution in [0, 0.1) is 0 Å². The van der Waals surface area contributed by atoms with Crippen molar-refractivity contribution in [2.75, 3.05) is 0 Å². The lowest BCUT2D eigenvalue weighted by Gasteiger charge is -2.35. The van der Waals surface area contributed by atoms with E-state index >= 15 is 0 Å². The van der Waals surface area contributed by atoms with Crippen LogP contribution in [0.25, 0.3) is 5.13 Å². The van der Waals surface area contributed by atoms with Crippen LogP contribution in [0.1, 0.15) is 25.6 Å². The molecule has 0 amide bonds. The van der Waals surface area contributed by atoms with Crippen molar-refractivity contribution in [1.82, 2.24) is 14.8 Å². The standard InChI is InChI=1S/C13H21N3O2SSi/c1-13(2,3)20(4,5)18-10-6-15-16(8-10)12-14-7-11(9-17)19-12/h6-8,17H,9H2,1-5H3. The number of rotatable bonds is 4. The molecule has 0 aliphatic rings. The van der Waals surface area contributed by atoms with E-state index in [1.807, 2.05) is 6.20 Å². The van der Waals surface area contributed by atoms with Crippen molar-refractivity contribution in [2.45, 2.75) is 45.5 Å². The average molecular weight is 311 g/mol. The minimum atomic E-state index is -1.85. The Morgan fingerprint density at radius 1 is 1.35 bits per heavy atom. The summed E-state index contributed by atoms with van der Waals surface area (Å²) in [6, 6.07) is 0. The van der Waals surface area contributed by atoms with Crippen molar-refractivity contribution in [2.24, 2.45) is 0 Å². The normalized spacial score (nSPS) is 12.7. The molecule has 0 atom stereocenters. The number of hydrogen-bond acceptors (Lipinski definition) is 5. The average Bonchev–Trinajstić information content (AvgIpc) is 2.94. The summed E-state index contributed by atoms with van der Waals surface area (Å²) in [4.78, 5) is 5.05. The van der Waals surface area contributed by atoms with Gasteiger partial charge >= 0.3 is 0 Å². The van der Waals surface area contributed by atoms with E-state index in [4.69, 9.17) is 9.53 Å². The Morgan fingerprint density at radius 3 is 2.60 bits per heavy atom. The van der Waals surface area contributed by atoms with E-state index in [-0.39, 0.29) is 11.6 Å². The molecule has 0 unspecified atom stereocenters. The van der Waals surface area contributed by atoms with Gasteiger partial charge in [-0.1, -0.05) is 32.1 Å². The first-order valence-corrected chi connectivity index (χ1v) is 10.2. The first-order chi connectivity index (χ1) is 9.23. The van der Waals surface area contributed by atoms with Gasteiger partial charge < -0.3 is 9.53 Å². The van der Waals surface area contributed by atoms with Gasteiger partial charge in [0, 0.05) is 6.20 Å². The summed E-state index contributed by atoms with van der Waals surface area (Å²) in [5.41, 5.74) is 0. The summed E-state index contributed by atoms with van der Waals surface area (Å²) in [5, 5.41) is 14.2. The number of aliphatic hydroxyl groups is 1. The van der Waals surface area contributed by atoms with Crippen molar-refractivity contribution >= 4 is 19.7 Å². The summed E-state index contributed by atoms with van der Waals surface area (Å²) >= 11 is 1.42. The minimum Gasteiger partial charge on any atom is -0.541 e. The number of hydrogen-bond donors (Lipinski definition) is 1. The highest BCUT2D eigenvalue weighted by atomic mass is 32.1. The summed E-state index contributed by atoms with van der Waals surface area (Å²) in [6.45, 7) is 11.0. The quantitative estimate of drug-likeness (QED) is 0.881. The summed E-state index contributed by atoms with van der Waals surface area (Å²) < 4.78 is 7.87. The molecule has 110 valence electrons. The topological polar surface area (TPSA) is 60.2 Å². The Bertz CT molecular complexity index is 586. The van der Waals surface area contributed by atoms with E-state index < -0.39 is 8.32 Å². The highest BCUT2D eigenvalue weighted by Crippen LogP contribution is 2.37. The van der Waals surface area contributed by atoms with Crippen LogP contribution in [0.3, 0.4) is 0 Å². The smallest absolute Gasteiger partial charge is 0.250 e. The predicted octanol–water partition coefficient (Wildman–Crippen LogP) is 3.21. The molecule has 20 heavy (non-hydrogen) atoms.